The fraction of sp³-hybridized carbons (Fsp3) is 0.750. The van der Waals surface area contributed by atoms with Crippen LogP contribution in [-0.4, -0.2) is 53.8 Å². The van der Waals surface area contributed by atoms with Gasteiger partial charge in [0.25, 0.3) is 0 Å². The molecule has 114 valence electrons. The number of aliphatic carboxylic acids is 1. The van der Waals surface area contributed by atoms with Crippen LogP contribution in [0.25, 0.3) is 0 Å². The van der Waals surface area contributed by atoms with Crippen LogP contribution in [0.4, 0.5) is 4.79 Å². The maximum absolute atomic E-state index is 11.7. The number of hydrogen-bond acceptors (Lipinski definition) is 5. The van der Waals surface area contributed by atoms with Crippen LogP contribution < -0.4 is 10.6 Å². The Balaban J connectivity index is 2.37. The van der Waals surface area contributed by atoms with E-state index in [1.54, 1.807) is 0 Å². The highest BCUT2D eigenvalue weighted by Crippen LogP contribution is 2.16. The zero-order valence-electron chi connectivity index (χ0n) is 11.4. The SMILES string of the molecule is COC(=O)CC[C@H](NC(=O)NC1CCSCC1)C(=O)O. The van der Waals surface area contributed by atoms with Crippen molar-refractivity contribution in [1.29, 1.82) is 0 Å². The first-order chi connectivity index (χ1) is 9.52. The summed E-state index contributed by atoms with van der Waals surface area (Å²) in [6.07, 6.45) is 1.74. The molecular formula is C12H20N2O5S. The van der Waals surface area contributed by atoms with Crippen molar-refractivity contribution in [3.63, 3.8) is 0 Å². The third-order valence-corrected chi connectivity index (χ3v) is 4.07. The van der Waals surface area contributed by atoms with Crippen molar-refractivity contribution in [2.75, 3.05) is 18.6 Å². The van der Waals surface area contributed by atoms with Gasteiger partial charge in [-0.3, -0.25) is 4.79 Å². The van der Waals surface area contributed by atoms with Crippen LogP contribution in [0.3, 0.4) is 0 Å². The maximum atomic E-state index is 11.7. The van der Waals surface area contributed by atoms with Crippen LogP contribution in [0.5, 0.6) is 0 Å². The molecule has 0 aliphatic carbocycles. The molecule has 1 rings (SSSR count). The molecule has 1 atom stereocenters. The van der Waals surface area contributed by atoms with Crippen molar-refractivity contribution in [2.24, 2.45) is 0 Å². The molecule has 8 heteroatoms. The second-order valence-electron chi connectivity index (χ2n) is 4.51. The number of carboxylic acids is 1. The lowest BCUT2D eigenvalue weighted by atomic mass is 10.1. The molecule has 0 aromatic heterocycles. The first kappa shape index (κ1) is 16.6. The lowest BCUT2D eigenvalue weighted by Crippen LogP contribution is -2.49. The largest absolute Gasteiger partial charge is 0.480 e. The maximum Gasteiger partial charge on any atom is 0.326 e. The van der Waals surface area contributed by atoms with E-state index in [4.69, 9.17) is 5.11 Å². The summed E-state index contributed by atoms with van der Waals surface area (Å²) in [7, 11) is 1.24. The highest BCUT2D eigenvalue weighted by atomic mass is 32.2. The van der Waals surface area contributed by atoms with Crippen molar-refractivity contribution < 1.29 is 24.2 Å². The summed E-state index contributed by atoms with van der Waals surface area (Å²) in [5.41, 5.74) is 0. The molecule has 0 saturated carbocycles. The number of amides is 2. The Bertz CT molecular complexity index is 358. The molecule has 20 heavy (non-hydrogen) atoms. The summed E-state index contributed by atoms with van der Waals surface area (Å²) in [4.78, 5) is 33.8. The lowest BCUT2D eigenvalue weighted by Gasteiger charge is -2.23. The van der Waals surface area contributed by atoms with Crippen molar-refractivity contribution in [3.8, 4) is 0 Å². The number of carbonyl (C=O) groups excluding carboxylic acids is 2. The molecule has 1 fully saturated rings. The summed E-state index contributed by atoms with van der Waals surface area (Å²) < 4.78 is 4.44. The summed E-state index contributed by atoms with van der Waals surface area (Å²) in [6, 6.07) is -1.50. The number of esters is 1. The van der Waals surface area contributed by atoms with Gasteiger partial charge in [0.2, 0.25) is 0 Å². The number of hydrogen-bond donors (Lipinski definition) is 3. The first-order valence-electron chi connectivity index (χ1n) is 6.47. The van der Waals surface area contributed by atoms with Crippen molar-refractivity contribution in [2.45, 2.75) is 37.8 Å². The van der Waals surface area contributed by atoms with E-state index in [0.717, 1.165) is 24.3 Å². The summed E-state index contributed by atoms with van der Waals surface area (Å²) in [5.74, 6) is 0.330. The van der Waals surface area contributed by atoms with E-state index >= 15 is 0 Å². The van der Waals surface area contributed by atoms with Gasteiger partial charge in [-0.25, -0.2) is 9.59 Å². The molecule has 7 nitrogen and oxygen atoms in total. The van der Waals surface area contributed by atoms with Gasteiger partial charge in [-0.2, -0.15) is 11.8 Å². The van der Waals surface area contributed by atoms with E-state index in [-0.39, 0.29) is 18.9 Å². The van der Waals surface area contributed by atoms with Gasteiger partial charge in [0.1, 0.15) is 6.04 Å². The third kappa shape index (κ3) is 6.14. The third-order valence-electron chi connectivity index (χ3n) is 3.02. The average Bonchev–Trinajstić information content (AvgIpc) is 2.43. The second kappa shape index (κ2) is 8.68. The summed E-state index contributed by atoms with van der Waals surface area (Å²) in [5, 5.41) is 14.2. The molecule has 0 unspecified atom stereocenters. The number of thioether (sulfide) groups is 1. The minimum absolute atomic E-state index is 0.00987. The van der Waals surface area contributed by atoms with Crippen LogP contribution in [0.15, 0.2) is 0 Å². The Morgan fingerprint density at radius 1 is 1.35 bits per heavy atom. The van der Waals surface area contributed by atoms with Gasteiger partial charge in [-0.1, -0.05) is 0 Å². The van der Waals surface area contributed by atoms with Crippen LogP contribution in [-0.2, 0) is 14.3 Å². The Hall–Kier alpha value is -1.44. The number of ether oxygens (including phenoxy) is 1. The molecule has 0 bridgehead atoms. The fourth-order valence-electron chi connectivity index (χ4n) is 1.85. The molecule has 1 aliphatic rings. The highest BCUT2D eigenvalue weighted by molar-refractivity contribution is 7.99. The lowest BCUT2D eigenvalue weighted by molar-refractivity contribution is -0.142. The molecule has 3 N–H and O–H groups in total. The van der Waals surface area contributed by atoms with Gasteiger partial charge < -0.3 is 20.5 Å². The molecule has 1 saturated heterocycles. The fourth-order valence-corrected chi connectivity index (χ4v) is 2.96. The predicted molar refractivity (Wildman–Crippen MR) is 74.7 cm³/mol. The number of methoxy groups -OCH3 is 1. The minimum Gasteiger partial charge on any atom is -0.480 e. The van der Waals surface area contributed by atoms with E-state index in [0.29, 0.717) is 0 Å². The number of carboxylic acid groups (broad SMARTS) is 1. The molecule has 0 aromatic carbocycles. The van der Waals surface area contributed by atoms with Crippen molar-refractivity contribution >= 4 is 29.7 Å². The highest BCUT2D eigenvalue weighted by Gasteiger charge is 2.23. The monoisotopic (exact) mass is 304 g/mol. The molecular weight excluding hydrogens is 284 g/mol. The smallest absolute Gasteiger partial charge is 0.326 e. The molecule has 0 radical (unpaired) electrons. The van der Waals surface area contributed by atoms with E-state index in [2.05, 4.69) is 15.4 Å². The molecule has 1 aliphatic heterocycles. The summed E-state index contributed by atoms with van der Waals surface area (Å²) >= 11 is 1.84. The van der Waals surface area contributed by atoms with E-state index < -0.39 is 24.0 Å². The zero-order chi connectivity index (χ0) is 15.0. The minimum atomic E-state index is -1.16. The van der Waals surface area contributed by atoms with Crippen LogP contribution in [0, 0.1) is 0 Å². The van der Waals surface area contributed by atoms with Crippen LogP contribution in [0.2, 0.25) is 0 Å². The van der Waals surface area contributed by atoms with Gasteiger partial charge in [0, 0.05) is 12.5 Å². The standard InChI is InChI=1S/C12H20N2O5S/c1-19-10(15)3-2-9(11(16)17)14-12(18)13-8-4-6-20-7-5-8/h8-9H,2-7H2,1H3,(H,16,17)(H2,13,14,18)/t9-/m0/s1. The van der Waals surface area contributed by atoms with Crippen molar-refractivity contribution in [3.05, 3.63) is 0 Å². The van der Waals surface area contributed by atoms with E-state index in [1.165, 1.54) is 7.11 Å². The molecule has 2 amide bonds. The second-order valence-corrected chi connectivity index (χ2v) is 5.73. The number of urea groups is 1. The van der Waals surface area contributed by atoms with E-state index in [1.807, 2.05) is 11.8 Å². The molecule has 0 spiro atoms. The predicted octanol–water partition coefficient (Wildman–Crippen LogP) is 0.588. The molecule has 1 heterocycles. The van der Waals surface area contributed by atoms with Gasteiger partial charge in [-0.15, -0.1) is 0 Å². The van der Waals surface area contributed by atoms with Gasteiger partial charge >= 0.3 is 18.0 Å². The number of carbonyl (C=O) groups is 3. The Kier molecular flexibility index (Phi) is 7.21. The zero-order valence-corrected chi connectivity index (χ0v) is 12.2. The van der Waals surface area contributed by atoms with Crippen LogP contribution in [0.1, 0.15) is 25.7 Å². The summed E-state index contributed by atoms with van der Waals surface area (Å²) in [6.45, 7) is 0. The van der Waals surface area contributed by atoms with Gasteiger partial charge in [-0.05, 0) is 30.8 Å². The first-order valence-corrected chi connectivity index (χ1v) is 7.62. The van der Waals surface area contributed by atoms with E-state index in [9.17, 15) is 14.4 Å². The Labute approximate surface area is 121 Å². The number of rotatable bonds is 6. The number of nitrogens with one attached hydrogen (secondary N) is 2. The van der Waals surface area contributed by atoms with Crippen LogP contribution >= 0.6 is 11.8 Å². The topological polar surface area (TPSA) is 105 Å². The Morgan fingerprint density at radius 2 is 2.00 bits per heavy atom. The Morgan fingerprint density at radius 3 is 2.55 bits per heavy atom. The quantitative estimate of drug-likeness (QED) is 0.620. The van der Waals surface area contributed by atoms with Gasteiger partial charge in [0.05, 0.1) is 7.11 Å². The molecule has 0 aromatic rings. The van der Waals surface area contributed by atoms with Gasteiger partial charge in [0.15, 0.2) is 0 Å². The normalized spacial score (nSPS) is 17.1. The average molecular weight is 304 g/mol. The van der Waals surface area contributed by atoms with Crippen molar-refractivity contribution in [1.82, 2.24) is 10.6 Å².